The van der Waals surface area contributed by atoms with Gasteiger partial charge in [-0.15, -0.1) is 0 Å². The number of methoxy groups -OCH3 is 2. The van der Waals surface area contributed by atoms with Gasteiger partial charge in [0.2, 0.25) is 11.8 Å². The first kappa shape index (κ1) is 19.0. The standard InChI is InChI=1S/C20H21ClN2O4/c1-26-14-6-3-12(4-7-14)11-22-19(24)15-10-16(15)20(25)23-13-5-8-18(27-2)17(21)9-13/h3-9,15-16H,10-11H2,1-2H3,(H,22,24)(H,23,25). The van der Waals surface area contributed by atoms with Gasteiger partial charge in [-0.05, 0) is 42.3 Å². The fourth-order valence-corrected chi connectivity index (χ4v) is 3.07. The molecule has 6 nitrogen and oxygen atoms in total. The Morgan fingerprint density at radius 1 is 1.04 bits per heavy atom. The number of benzene rings is 2. The van der Waals surface area contributed by atoms with Crippen molar-refractivity contribution in [1.82, 2.24) is 5.32 Å². The van der Waals surface area contributed by atoms with Crippen molar-refractivity contribution in [3.8, 4) is 11.5 Å². The molecule has 0 heterocycles. The van der Waals surface area contributed by atoms with Crippen LogP contribution in [-0.2, 0) is 16.1 Å². The highest BCUT2D eigenvalue weighted by Crippen LogP contribution is 2.40. The molecule has 1 saturated carbocycles. The van der Waals surface area contributed by atoms with E-state index in [-0.39, 0.29) is 23.7 Å². The summed E-state index contributed by atoms with van der Waals surface area (Å²) >= 11 is 6.06. The largest absolute Gasteiger partial charge is 0.497 e. The van der Waals surface area contributed by atoms with Crippen molar-refractivity contribution in [2.24, 2.45) is 11.8 Å². The van der Waals surface area contributed by atoms with Crippen LogP contribution in [0.25, 0.3) is 0 Å². The lowest BCUT2D eigenvalue weighted by atomic mass is 10.2. The van der Waals surface area contributed by atoms with E-state index in [4.69, 9.17) is 21.1 Å². The molecule has 2 amide bonds. The Morgan fingerprint density at radius 3 is 2.37 bits per heavy atom. The van der Waals surface area contributed by atoms with Crippen LogP contribution in [0.1, 0.15) is 12.0 Å². The highest BCUT2D eigenvalue weighted by Gasteiger charge is 2.47. The third kappa shape index (κ3) is 4.71. The second-order valence-corrected chi connectivity index (χ2v) is 6.76. The second-order valence-electron chi connectivity index (χ2n) is 6.35. The fraction of sp³-hybridized carbons (Fsp3) is 0.300. The van der Waals surface area contributed by atoms with Gasteiger partial charge in [-0.1, -0.05) is 23.7 Å². The zero-order valence-electron chi connectivity index (χ0n) is 15.1. The zero-order valence-corrected chi connectivity index (χ0v) is 15.9. The maximum atomic E-state index is 12.3. The van der Waals surface area contributed by atoms with E-state index >= 15 is 0 Å². The van der Waals surface area contributed by atoms with E-state index in [1.54, 1.807) is 25.3 Å². The Balaban J connectivity index is 1.48. The summed E-state index contributed by atoms with van der Waals surface area (Å²) in [6.45, 7) is 0.418. The molecule has 1 aliphatic carbocycles. The van der Waals surface area contributed by atoms with E-state index in [0.717, 1.165) is 11.3 Å². The van der Waals surface area contributed by atoms with Gasteiger partial charge >= 0.3 is 0 Å². The van der Waals surface area contributed by atoms with Crippen LogP contribution in [-0.4, -0.2) is 26.0 Å². The second kappa shape index (κ2) is 8.31. The van der Waals surface area contributed by atoms with Crippen molar-refractivity contribution in [3.63, 3.8) is 0 Å². The maximum Gasteiger partial charge on any atom is 0.228 e. The molecule has 0 radical (unpaired) electrons. The molecule has 1 aliphatic rings. The quantitative estimate of drug-likeness (QED) is 0.763. The number of hydrogen-bond acceptors (Lipinski definition) is 4. The topological polar surface area (TPSA) is 76.7 Å². The normalized spacial score (nSPS) is 17.7. The summed E-state index contributed by atoms with van der Waals surface area (Å²) in [5.41, 5.74) is 1.55. The number of hydrogen-bond donors (Lipinski definition) is 2. The highest BCUT2D eigenvalue weighted by molar-refractivity contribution is 6.32. The number of ether oxygens (including phenoxy) is 2. The Hall–Kier alpha value is -2.73. The van der Waals surface area contributed by atoms with Crippen molar-refractivity contribution in [2.75, 3.05) is 19.5 Å². The number of anilines is 1. The van der Waals surface area contributed by atoms with Gasteiger partial charge in [-0.25, -0.2) is 0 Å². The molecule has 2 atom stereocenters. The Morgan fingerprint density at radius 2 is 1.74 bits per heavy atom. The summed E-state index contributed by atoms with van der Waals surface area (Å²) in [5, 5.41) is 6.08. The molecule has 2 unspecified atom stereocenters. The first-order valence-electron chi connectivity index (χ1n) is 8.57. The number of rotatable bonds is 7. The monoisotopic (exact) mass is 388 g/mol. The first-order chi connectivity index (χ1) is 13.0. The van der Waals surface area contributed by atoms with Gasteiger partial charge in [0, 0.05) is 12.2 Å². The molecule has 0 aromatic heterocycles. The summed E-state index contributed by atoms with van der Waals surface area (Å²) in [6.07, 6.45) is 0.546. The lowest BCUT2D eigenvalue weighted by Crippen LogP contribution is -2.27. The van der Waals surface area contributed by atoms with E-state index in [0.29, 0.717) is 29.4 Å². The van der Waals surface area contributed by atoms with Crippen molar-refractivity contribution in [3.05, 3.63) is 53.1 Å². The van der Waals surface area contributed by atoms with E-state index in [1.807, 2.05) is 24.3 Å². The minimum atomic E-state index is -0.318. The van der Waals surface area contributed by atoms with E-state index in [2.05, 4.69) is 10.6 Å². The summed E-state index contributed by atoms with van der Waals surface area (Å²) in [7, 11) is 3.13. The molecule has 142 valence electrons. The van der Waals surface area contributed by atoms with Crippen LogP contribution in [0.3, 0.4) is 0 Å². The molecule has 7 heteroatoms. The average Bonchev–Trinajstić information content (AvgIpc) is 3.48. The molecule has 0 spiro atoms. The number of halogens is 1. The van der Waals surface area contributed by atoms with Gasteiger partial charge in [-0.2, -0.15) is 0 Å². The minimum absolute atomic E-state index is 0.112. The van der Waals surface area contributed by atoms with E-state index in [9.17, 15) is 9.59 Å². The zero-order chi connectivity index (χ0) is 19.4. The van der Waals surface area contributed by atoms with Crippen LogP contribution in [0, 0.1) is 11.8 Å². The van der Waals surface area contributed by atoms with Gasteiger partial charge in [0.1, 0.15) is 11.5 Å². The van der Waals surface area contributed by atoms with Gasteiger partial charge < -0.3 is 20.1 Å². The van der Waals surface area contributed by atoms with Gasteiger partial charge in [-0.3, -0.25) is 9.59 Å². The predicted molar refractivity (Wildman–Crippen MR) is 103 cm³/mol. The molecule has 3 rings (SSSR count). The molecule has 0 bridgehead atoms. The van der Waals surface area contributed by atoms with Crippen LogP contribution < -0.4 is 20.1 Å². The Kier molecular flexibility index (Phi) is 5.86. The van der Waals surface area contributed by atoms with Crippen molar-refractivity contribution in [2.45, 2.75) is 13.0 Å². The summed E-state index contributed by atoms with van der Waals surface area (Å²) in [5.74, 6) is 0.401. The molecule has 2 N–H and O–H groups in total. The van der Waals surface area contributed by atoms with Gasteiger partial charge in [0.15, 0.2) is 0 Å². The van der Waals surface area contributed by atoms with Crippen molar-refractivity contribution in [1.29, 1.82) is 0 Å². The fourth-order valence-electron chi connectivity index (χ4n) is 2.82. The average molecular weight is 389 g/mol. The third-order valence-electron chi connectivity index (χ3n) is 4.51. The molecule has 2 aromatic carbocycles. The summed E-state index contributed by atoms with van der Waals surface area (Å²) in [4.78, 5) is 24.6. The van der Waals surface area contributed by atoms with Crippen LogP contribution in [0.5, 0.6) is 11.5 Å². The maximum absolute atomic E-state index is 12.3. The molecular weight excluding hydrogens is 368 g/mol. The van der Waals surface area contributed by atoms with Gasteiger partial charge in [0.25, 0.3) is 0 Å². The predicted octanol–water partition coefficient (Wildman–Crippen LogP) is 3.25. The molecule has 2 aromatic rings. The molecule has 0 saturated heterocycles. The number of carbonyl (C=O) groups excluding carboxylic acids is 2. The van der Waals surface area contributed by atoms with Crippen molar-refractivity contribution >= 4 is 29.1 Å². The van der Waals surface area contributed by atoms with Crippen molar-refractivity contribution < 1.29 is 19.1 Å². The molecule has 1 fully saturated rings. The molecule has 27 heavy (non-hydrogen) atoms. The third-order valence-corrected chi connectivity index (χ3v) is 4.80. The molecular formula is C20H21ClN2O4. The minimum Gasteiger partial charge on any atom is -0.497 e. The number of amides is 2. The van der Waals surface area contributed by atoms with E-state index < -0.39 is 0 Å². The highest BCUT2D eigenvalue weighted by atomic mass is 35.5. The first-order valence-corrected chi connectivity index (χ1v) is 8.94. The van der Waals surface area contributed by atoms with Crippen LogP contribution >= 0.6 is 11.6 Å². The number of nitrogens with one attached hydrogen (secondary N) is 2. The van der Waals surface area contributed by atoms with Gasteiger partial charge in [0.05, 0.1) is 31.1 Å². The van der Waals surface area contributed by atoms with E-state index in [1.165, 1.54) is 7.11 Å². The summed E-state index contributed by atoms with van der Waals surface area (Å²) < 4.78 is 10.2. The van der Waals surface area contributed by atoms with Crippen LogP contribution in [0.2, 0.25) is 5.02 Å². The lowest BCUT2D eigenvalue weighted by Gasteiger charge is -2.08. The summed E-state index contributed by atoms with van der Waals surface area (Å²) in [6, 6.07) is 12.5. The smallest absolute Gasteiger partial charge is 0.228 e. The number of carbonyl (C=O) groups is 2. The SMILES string of the molecule is COc1ccc(CNC(=O)C2CC2C(=O)Nc2ccc(OC)c(Cl)c2)cc1. The van der Waals surface area contributed by atoms with Crippen LogP contribution in [0.4, 0.5) is 5.69 Å². The van der Waals surface area contributed by atoms with Crippen LogP contribution in [0.15, 0.2) is 42.5 Å². The Labute approximate surface area is 162 Å². The Bertz CT molecular complexity index is 838. The molecule has 0 aliphatic heterocycles. The lowest BCUT2D eigenvalue weighted by molar-refractivity contribution is -0.125.